The van der Waals surface area contributed by atoms with E-state index in [1.807, 2.05) is 97.1 Å². The number of nitrogens with one attached hydrogen (secondary N) is 1. The predicted molar refractivity (Wildman–Crippen MR) is 130 cm³/mol. The molecule has 156 valence electrons. The number of thioether (sulfide) groups is 1. The Balaban J connectivity index is 1.70. The molecule has 1 atom stereocenters. The van der Waals surface area contributed by atoms with Gasteiger partial charge in [-0.2, -0.15) is 0 Å². The molecule has 1 saturated heterocycles. The zero-order chi connectivity index (χ0) is 21.6. The molecule has 0 saturated carbocycles. The number of hydrazine groups is 1. The number of carbonyl (C=O) groups is 1. The van der Waals surface area contributed by atoms with Crippen molar-refractivity contribution in [3.05, 3.63) is 102 Å². The van der Waals surface area contributed by atoms with Crippen LogP contribution >= 0.6 is 11.8 Å². The van der Waals surface area contributed by atoms with Gasteiger partial charge in [0.25, 0.3) is 5.91 Å². The molecule has 1 fully saturated rings. The van der Waals surface area contributed by atoms with E-state index >= 15 is 0 Å². The molecule has 0 spiro atoms. The Hall–Kier alpha value is -3.31. The first-order valence-electron chi connectivity index (χ1n) is 10.3. The molecule has 0 bridgehead atoms. The molecule has 1 amide bonds. The van der Waals surface area contributed by atoms with Crippen LogP contribution in [0.1, 0.15) is 25.0 Å². The lowest BCUT2D eigenvalue weighted by Crippen LogP contribution is -2.45. The van der Waals surface area contributed by atoms with Crippen LogP contribution in [0.25, 0.3) is 11.6 Å². The van der Waals surface area contributed by atoms with Crippen LogP contribution in [0.3, 0.4) is 0 Å². The lowest BCUT2D eigenvalue weighted by atomic mass is 10.0. The second kappa shape index (κ2) is 9.67. The normalized spacial score (nSPS) is 17.8. The van der Waals surface area contributed by atoms with Crippen LogP contribution in [-0.2, 0) is 4.79 Å². The second-order valence-electron chi connectivity index (χ2n) is 7.63. The fraction of sp³-hybridized carbons (Fsp3) is 0.154. The van der Waals surface area contributed by atoms with E-state index in [1.54, 1.807) is 16.8 Å². The largest absolute Gasteiger partial charge is 0.273 e. The van der Waals surface area contributed by atoms with Crippen LogP contribution in [0, 0.1) is 5.92 Å². The number of amides is 1. The maximum atomic E-state index is 13.8. The van der Waals surface area contributed by atoms with E-state index in [2.05, 4.69) is 19.3 Å². The molecule has 4 rings (SSSR count). The average molecular weight is 428 g/mol. The van der Waals surface area contributed by atoms with Gasteiger partial charge in [0.1, 0.15) is 5.37 Å². The van der Waals surface area contributed by atoms with E-state index in [0.717, 1.165) is 22.0 Å². The molecule has 1 heterocycles. The minimum atomic E-state index is -0.0699. The summed E-state index contributed by atoms with van der Waals surface area (Å²) >= 11 is 1.59. The topological polar surface area (TPSA) is 44.7 Å². The Bertz CT molecular complexity index is 1080. The van der Waals surface area contributed by atoms with Crippen molar-refractivity contribution in [3.8, 4) is 0 Å². The van der Waals surface area contributed by atoms with Crippen LogP contribution in [-0.4, -0.2) is 21.5 Å². The number of para-hydroxylation sites is 1. The van der Waals surface area contributed by atoms with E-state index in [4.69, 9.17) is 4.99 Å². The first kappa shape index (κ1) is 20.9. The number of aliphatic imine (C=N–C) groups is 1. The Kier molecular flexibility index (Phi) is 6.53. The zero-order valence-corrected chi connectivity index (χ0v) is 18.4. The fourth-order valence-corrected chi connectivity index (χ4v) is 4.43. The average Bonchev–Trinajstić information content (AvgIpc) is 3.23. The molecule has 3 aromatic rings. The van der Waals surface area contributed by atoms with Crippen molar-refractivity contribution in [3.63, 3.8) is 0 Å². The molecule has 5 heteroatoms. The number of benzene rings is 3. The standard InChI is InChI=1S/C26H25N3OS/c1-19(2)25-29(28-26(31-25)27-22-16-10-5-11-17-22)24(30)23(21-14-8-4-9-15-21)18-20-12-6-3-7-13-20/h3-19,25H,1-2H3,(H,27,28)/b23-18+. The first-order chi connectivity index (χ1) is 15.1. The van der Waals surface area contributed by atoms with Gasteiger partial charge in [-0.05, 0) is 35.3 Å². The molecule has 31 heavy (non-hydrogen) atoms. The molecule has 4 nitrogen and oxygen atoms in total. The molecule has 0 aliphatic carbocycles. The fourth-order valence-electron chi connectivity index (χ4n) is 3.36. The van der Waals surface area contributed by atoms with Gasteiger partial charge in [0.2, 0.25) is 0 Å². The Morgan fingerprint density at radius 2 is 1.52 bits per heavy atom. The highest BCUT2D eigenvalue weighted by atomic mass is 32.2. The van der Waals surface area contributed by atoms with Gasteiger partial charge in [-0.25, -0.2) is 10.0 Å². The highest BCUT2D eigenvalue weighted by Gasteiger charge is 2.37. The summed E-state index contributed by atoms with van der Waals surface area (Å²) in [6.45, 7) is 4.24. The number of nitrogens with zero attached hydrogens (tertiary/aromatic N) is 2. The van der Waals surface area contributed by atoms with E-state index in [1.165, 1.54) is 0 Å². The molecule has 1 unspecified atom stereocenters. The van der Waals surface area contributed by atoms with Crippen LogP contribution in [0.15, 0.2) is 96.0 Å². The maximum absolute atomic E-state index is 13.8. The molecule has 1 N–H and O–H groups in total. The van der Waals surface area contributed by atoms with Gasteiger partial charge in [0, 0.05) is 5.57 Å². The van der Waals surface area contributed by atoms with Gasteiger partial charge in [-0.3, -0.25) is 10.2 Å². The third-order valence-corrected chi connectivity index (χ3v) is 6.31. The molecular weight excluding hydrogens is 402 g/mol. The quantitative estimate of drug-likeness (QED) is 0.403. The number of carbonyl (C=O) groups excluding carboxylic acids is 1. The van der Waals surface area contributed by atoms with Gasteiger partial charge in [-0.1, -0.05) is 104 Å². The molecule has 1 aliphatic heterocycles. The van der Waals surface area contributed by atoms with Crippen molar-refractivity contribution in [1.82, 2.24) is 10.4 Å². The number of hydrogen-bond donors (Lipinski definition) is 1. The highest BCUT2D eigenvalue weighted by molar-refractivity contribution is 8.14. The van der Waals surface area contributed by atoms with Crippen molar-refractivity contribution in [1.29, 1.82) is 0 Å². The van der Waals surface area contributed by atoms with Crippen LogP contribution in [0.5, 0.6) is 0 Å². The summed E-state index contributed by atoms with van der Waals surface area (Å²) in [5.74, 6) is 0.179. The van der Waals surface area contributed by atoms with Gasteiger partial charge in [0.15, 0.2) is 5.17 Å². The van der Waals surface area contributed by atoms with Crippen LogP contribution in [0.4, 0.5) is 5.69 Å². The SMILES string of the molecule is CC(C)C1SC(=Nc2ccccc2)NN1C(=O)/C(=C/c1ccccc1)c1ccccc1. The minimum absolute atomic E-state index is 0.0575. The lowest BCUT2D eigenvalue weighted by molar-refractivity contribution is -0.127. The molecule has 0 aromatic heterocycles. The van der Waals surface area contributed by atoms with Crippen molar-refractivity contribution in [2.45, 2.75) is 19.2 Å². The van der Waals surface area contributed by atoms with Gasteiger partial charge < -0.3 is 0 Å². The third kappa shape index (κ3) is 5.06. The van der Waals surface area contributed by atoms with Gasteiger partial charge in [-0.15, -0.1) is 0 Å². The number of amidine groups is 1. The zero-order valence-electron chi connectivity index (χ0n) is 17.6. The number of hydrogen-bond acceptors (Lipinski definition) is 3. The summed E-state index contributed by atoms with van der Waals surface area (Å²) in [6, 6.07) is 29.5. The molecule has 0 radical (unpaired) electrons. The van der Waals surface area contributed by atoms with Crippen molar-refractivity contribution >= 4 is 40.2 Å². The molecule has 1 aliphatic rings. The smallest absolute Gasteiger partial charge is 0.272 e. The molecule has 3 aromatic carbocycles. The molecular formula is C26H25N3OS. The van der Waals surface area contributed by atoms with E-state index in [9.17, 15) is 4.79 Å². The van der Waals surface area contributed by atoms with Crippen molar-refractivity contribution in [2.75, 3.05) is 0 Å². The van der Waals surface area contributed by atoms with Crippen LogP contribution in [0.2, 0.25) is 0 Å². The Morgan fingerprint density at radius 3 is 2.13 bits per heavy atom. The maximum Gasteiger partial charge on any atom is 0.273 e. The highest BCUT2D eigenvalue weighted by Crippen LogP contribution is 2.33. The summed E-state index contributed by atoms with van der Waals surface area (Å²) < 4.78 is 0. The van der Waals surface area contributed by atoms with Gasteiger partial charge >= 0.3 is 0 Å². The summed E-state index contributed by atoms with van der Waals surface area (Å²) in [5.41, 5.74) is 6.64. The monoisotopic (exact) mass is 427 g/mol. The lowest BCUT2D eigenvalue weighted by Gasteiger charge is -2.26. The third-order valence-electron chi connectivity index (χ3n) is 4.90. The summed E-state index contributed by atoms with van der Waals surface area (Å²) in [7, 11) is 0. The van der Waals surface area contributed by atoms with E-state index in [-0.39, 0.29) is 17.2 Å². The first-order valence-corrected chi connectivity index (χ1v) is 11.2. The predicted octanol–water partition coefficient (Wildman–Crippen LogP) is 5.98. The Morgan fingerprint density at radius 1 is 0.935 bits per heavy atom. The van der Waals surface area contributed by atoms with E-state index in [0.29, 0.717) is 5.57 Å². The number of rotatable bonds is 5. The van der Waals surface area contributed by atoms with Crippen molar-refractivity contribution in [2.24, 2.45) is 10.9 Å². The van der Waals surface area contributed by atoms with Crippen LogP contribution < -0.4 is 5.43 Å². The summed E-state index contributed by atoms with van der Waals surface area (Å²) in [5, 5.41) is 2.39. The van der Waals surface area contributed by atoms with Crippen molar-refractivity contribution < 1.29 is 4.79 Å². The van der Waals surface area contributed by atoms with Gasteiger partial charge in [0.05, 0.1) is 5.69 Å². The second-order valence-corrected chi connectivity index (χ2v) is 8.73. The van der Waals surface area contributed by atoms with E-state index < -0.39 is 0 Å². The summed E-state index contributed by atoms with van der Waals surface area (Å²) in [6.07, 6.45) is 1.95. The Labute approximate surface area is 187 Å². The summed E-state index contributed by atoms with van der Waals surface area (Å²) in [4.78, 5) is 18.5. The minimum Gasteiger partial charge on any atom is -0.272 e.